The predicted molar refractivity (Wildman–Crippen MR) is 81.5 cm³/mol. The summed E-state index contributed by atoms with van der Waals surface area (Å²) in [5, 5.41) is 0. The van der Waals surface area contributed by atoms with Gasteiger partial charge in [-0.05, 0) is 24.3 Å². The third-order valence-corrected chi connectivity index (χ3v) is 3.84. The molecule has 0 fully saturated rings. The minimum absolute atomic E-state index is 0.156. The lowest BCUT2D eigenvalue weighted by Gasteiger charge is -2.13. The van der Waals surface area contributed by atoms with Gasteiger partial charge in [0.15, 0.2) is 0 Å². The van der Waals surface area contributed by atoms with Gasteiger partial charge in [0.05, 0.1) is 39.6 Å². The van der Waals surface area contributed by atoms with Crippen LogP contribution in [-0.4, -0.2) is 34.2 Å². The average molecular weight is 300 g/mol. The molecule has 5 heteroatoms. The van der Waals surface area contributed by atoms with Crippen LogP contribution in [-0.2, 0) is 0 Å². The van der Waals surface area contributed by atoms with Crippen LogP contribution in [0.1, 0.15) is 15.9 Å². The van der Waals surface area contributed by atoms with Gasteiger partial charge in [-0.1, -0.05) is 0 Å². The monoisotopic (exact) mass is 300 g/mol. The fourth-order valence-electron chi connectivity index (χ4n) is 2.88. The Labute approximate surface area is 128 Å². The topological polar surface area (TPSA) is 54.0 Å². The van der Waals surface area contributed by atoms with E-state index in [0.717, 1.165) is 0 Å². The number of fused-ring (bicyclic) bond motifs is 3. The Bertz CT molecular complexity index is 701. The second kappa shape index (κ2) is 5.26. The largest absolute Gasteiger partial charge is 0.496 e. The standard InChI is InChI=1S/C17H16O5/c1-19-9-5-7-11(21-3)15-13(9)14-10(20-2)6-8-12(22-4)16(14)17(15)18/h5-8H,1-4H3. The highest BCUT2D eigenvalue weighted by atomic mass is 16.5. The van der Waals surface area contributed by atoms with E-state index < -0.39 is 0 Å². The summed E-state index contributed by atoms with van der Waals surface area (Å²) in [6.07, 6.45) is 0. The Morgan fingerprint density at radius 1 is 0.545 bits per heavy atom. The molecule has 1 aliphatic carbocycles. The van der Waals surface area contributed by atoms with Crippen molar-refractivity contribution in [1.29, 1.82) is 0 Å². The minimum Gasteiger partial charge on any atom is -0.496 e. The van der Waals surface area contributed by atoms with Gasteiger partial charge in [-0.25, -0.2) is 0 Å². The van der Waals surface area contributed by atoms with Crippen molar-refractivity contribution < 1.29 is 23.7 Å². The number of carbonyl (C=O) groups is 1. The van der Waals surface area contributed by atoms with E-state index in [0.29, 0.717) is 45.3 Å². The van der Waals surface area contributed by atoms with E-state index in [-0.39, 0.29) is 5.78 Å². The molecule has 0 unspecified atom stereocenters. The quantitative estimate of drug-likeness (QED) is 0.741. The highest BCUT2D eigenvalue weighted by molar-refractivity contribution is 6.26. The van der Waals surface area contributed by atoms with Crippen molar-refractivity contribution in [1.82, 2.24) is 0 Å². The Morgan fingerprint density at radius 3 is 1.09 bits per heavy atom. The molecule has 0 heterocycles. The van der Waals surface area contributed by atoms with Gasteiger partial charge < -0.3 is 18.9 Å². The van der Waals surface area contributed by atoms with Crippen LogP contribution < -0.4 is 18.9 Å². The van der Waals surface area contributed by atoms with E-state index in [9.17, 15) is 4.79 Å². The fourth-order valence-corrected chi connectivity index (χ4v) is 2.88. The van der Waals surface area contributed by atoms with Crippen molar-refractivity contribution in [3.8, 4) is 34.1 Å². The first-order chi connectivity index (χ1) is 10.7. The highest BCUT2D eigenvalue weighted by Gasteiger charge is 2.37. The predicted octanol–water partition coefficient (Wildman–Crippen LogP) is 2.93. The molecule has 1 aliphatic rings. The number of ether oxygens (including phenoxy) is 4. The summed E-state index contributed by atoms with van der Waals surface area (Å²) in [7, 11) is 6.20. The molecule has 3 rings (SSSR count). The van der Waals surface area contributed by atoms with Crippen LogP contribution in [0, 0.1) is 0 Å². The van der Waals surface area contributed by atoms with Crippen LogP contribution in [0.5, 0.6) is 23.0 Å². The number of ketones is 1. The van der Waals surface area contributed by atoms with E-state index in [1.807, 2.05) is 0 Å². The molecular weight excluding hydrogens is 284 g/mol. The van der Waals surface area contributed by atoms with E-state index in [4.69, 9.17) is 18.9 Å². The van der Waals surface area contributed by atoms with Crippen molar-refractivity contribution in [3.05, 3.63) is 35.4 Å². The lowest BCUT2D eigenvalue weighted by Crippen LogP contribution is -2.01. The zero-order valence-electron chi connectivity index (χ0n) is 12.9. The van der Waals surface area contributed by atoms with E-state index in [2.05, 4.69) is 0 Å². The maximum absolute atomic E-state index is 12.9. The Balaban J connectivity index is 2.45. The summed E-state index contributed by atoms with van der Waals surface area (Å²) in [5.74, 6) is 2.03. The summed E-state index contributed by atoms with van der Waals surface area (Å²) >= 11 is 0. The Kier molecular flexibility index (Phi) is 3.41. The number of hydrogen-bond acceptors (Lipinski definition) is 5. The first-order valence-corrected chi connectivity index (χ1v) is 6.72. The summed E-state index contributed by atoms with van der Waals surface area (Å²) in [4.78, 5) is 12.9. The molecule has 0 spiro atoms. The lowest BCUT2D eigenvalue weighted by atomic mass is 10.0. The molecule has 22 heavy (non-hydrogen) atoms. The summed E-state index contributed by atoms with van der Waals surface area (Å²) in [6.45, 7) is 0. The Morgan fingerprint density at radius 2 is 0.818 bits per heavy atom. The van der Waals surface area contributed by atoms with E-state index >= 15 is 0 Å². The number of hydrogen-bond donors (Lipinski definition) is 0. The average Bonchev–Trinajstić information content (AvgIpc) is 2.88. The molecule has 0 N–H and O–H groups in total. The smallest absolute Gasteiger partial charge is 0.202 e. The van der Waals surface area contributed by atoms with Crippen molar-refractivity contribution in [2.45, 2.75) is 0 Å². The molecule has 0 aliphatic heterocycles. The summed E-state index contributed by atoms with van der Waals surface area (Å²) < 4.78 is 21.6. The van der Waals surface area contributed by atoms with Crippen LogP contribution in [0.4, 0.5) is 0 Å². The molecule has 0 amide bonds. The van der Waals surface area contributed by atoms with Gasteiger partial charge in [0, 0.05) is 11.1 Å². The zero-order valence-corrected chi connectivity index (χ0v) is 12.9. The molecule has 0 saturated heterocycles. The lowest BCUT2D eigenvalue weighted by molar-refractivity contribution is 0.103. The third-order valence-electron chi connectivity index (χ3n) is 3.84. The second-order valence-corrected chi connectivity index (χ2v) is 4.77. The number of methoxy groups -OCH3 is 4. The molecule has 0 saturated carbocycles. The third kappa shape index (κ3) is 1.75. The van der Waals surface area contributed by atoms with Crippen molar-refractivity contribution >= 4 is 5.78 Å². The maximum Gasteiger partial charge on any atom is 0.202 e. The van der Waals surface area contributed by atoms with Crippen LogP contribution in [0.25, 0.3) is 11.1 Å². The molecular formula is C17H16O5. The molecule has 0 bridgehead atoms. The first-order valence-electron chi connectivity index (χ1n) is 6.72. The van der Waals surface area contributed by atoms with E-state index in [1.54, 1.807) is 38.5 Å². The molecule has 5 nitrogen and oxygen atoms in total. The zero-order chi connectivity index (χ0) is 15.9. The summed E-state index contributed by atoms with van der Waals surface area (Å²) in [6, 6.07) is 7.00. The molecule has 2 aromatic rings. The van der Waals surface area contributed by atoms with Crippen LogP contribution >= 0.6 is 0 Å². The fraction of sp³-hybridized carbons (Fsp3) is 0.235. The van der Waals surface area contributed by atoms with Crippen LogP contribution in [0.15, 0.2) is 24.3 Å². The van der Waals surface area contributed by atoms with E-state index in [1.165, 1.54) is 14.2 Å². The van der Waals surface area contributed by atoms with Crippen molar-refractivity contribution in [3.63, 3.8) is 0 Å². The minimum atomic E-state index is -0.156. The SMILES string of the molecule is COc1ccc(OC)c2c1C(=O)c1c(OC)ccc(OC)c1-2. The number of carbonyl (C=O) groups excluding carboxylic acids is 1. The van der Waals surface area contributed by atoms with Gasteiger partial charge in [-0.15, -0.1) is 0 Å². The molecule has 2 aromatic carbocycles. The van der Waals surface area contributed by atoms with Gasteiger partial charge in [0.1, 0.15) is 23.0 Å². The highest BCUT2D eigenvalue weighted by Crippen LogP contribution is 2.52. The normalized spacial score (nSPS) is 11.7. The van der Waals surface area contributed by atoms with Crippen LogP contribution in [0.3, 0.4) is 0 Å². The van der Waals surface area contributed by atoms with Gasteiger partial charge >= 0.3 is 0 Å². The molecule has 0 aromatic heterocycles. The molecule has 0 atom stereocenters. The van der Waals surface area contributed by atoms with Gasteiger partial charge in [0.25, 0.3) is 0 Å². The summed E-state index contributed by atoms with van der Waals surface area (Å²) in [5.41, 5.74) is 2.30. The van der Waals surface area contributed by atoms with Gasteiger partial charge in [-0.2, -0.15) is 0 Å². The number of rotatable bonds is 4. The van der Waals surface area contributed by atoms with Crippen molar-refractivity contribution in [2.24, 2.45) is 0 Å². The van der Waals surface area contributed by atoms with Gasteiger partial charge in [-0.3, -0.25) is 4.79 Å². The molecule has 114 valence electrons. The molecule has 0 radical (unpaired) electrons. The second-order valence-electron chi connectivity index (χ2n) is 4.77. The maximum atomic E-state index is 12.9. The first kappa shape index (κ1) is 14.3. The van der Waals surface area contributed by atoms with Crippen molar-refractivity contribution in [2.75, 3.05) is 28.4 Å². The van der Waals surface area contributed by atoms with Gasteiger partial charge in [0.2, 0.25) is 5.78 Å². The van der Waals surface area contributed by atoms with Crippen LogP contribution in [0.2, 0.25) is 0 Å². The number of benzene rings is 2. The Hall–Kier alpha value is -2.69.